The molecule has 2 heteroatoms. The normalized spacial score (nSPS) is 15.5. The molecule has 2 nitrogen and oxygen atoms in total. The second kappa shape index (κ2) is 2.38. The van der Waals surface area contributed by atoms with Gasteiger partial charge in [0.05, 0.1) is 6.26 Å². The molecule has 0 atom stereocenters. The molecule has 1 aliphatic heterocycles. The highest BCUT2D eigenvalue weighted by Crippen LogP contribution is 2.23. The summed E-state index contributed by atoms with van der Waals surface area (Å²) < 4.78 is 5.18. The van der Waals surface area contributed by atoms with Crippen molar-refractivity contribution in [1.29, 1.82) is 0 Å². The molecule has 0 saturated heterocycles. The molecular formula is C9H9NO. The third-order valence-electron chi connectivity index (χ3n) is 1.70. The molecule has 2 heterocycles. The van der Waals surface area contributed by atoms with Gasteiger partial charge in [0.25, 0.3) is 0 Å². The van der Waals surface area contributed by atoms with Crippen LogP contribution >= 0.6 is 0 Å². The molecule has 0 saturated carbocycles. The van der Waals surface area contributed by atoms with E-state index in [0.29, 0.717) is 0 Å². The van der Waals surface area contributed by atoms with Crippen molar-refractivity contribution in [2.45, 2.75) is 13.3 Å². The monoisotopic (exact) mass is 147 g/mol. The number of nitrogens with zero attached hydrogens (tertiary/aromatic N) is 1. The lowest BCUT2D eigenvalue weighted by molar-refractivity contribution is 0.576. The zero-order valence-corrected chi connectivity index (χ0v) is 6.37. The summed E-state index contributed by atoms with van der Waals surface area (Å²) in [6.45, 7) is 1.97. The molecular weight excluding hydrogens is 138 g/mol. The summed E-state index contributed by atoms with van der Waals surface area (Å²) in [6.07, 6.45) is 6.71. The number of allylic oxidation sites excluding steroid dienone is 2. The van der Waals surface area contributed by atoms with Gasteiger partial charge in [-0.15, -0.1) is 0 Å². The number of hydrogen-bond acceptors (Lipinski definition) is 2. The molecule has 0 radical (unpaired) electrons. The molecule has 0 bridgehead atoms. The van der Waals surface area contributed by atoms with Gasteiger partial charge in [-0.05, 0) is 25.5 Å². The standard InChI is InChI=1S/C9H9NO/c1-7-3-2-4-8-5-6-11-9(8)10-7/h2-3,5-6H,4H2,1H3. The van der Waals surface area contributed by atoms with E-state index in [2.05, 4.69) is 11.1 Å². The maximum atomic E-state index is 5.18. The van der Waals surface area contributed by atoms with E-state index in [0.717, 1.165) is 23.6 Å². The highest BCUT2D eigenvalue weighted by atomic mass is 16.3. The van der Waals surface area contributed by atoms with Crippen molar-refractivity contribution < 1.29 is 4.42 Å². The fourth-order valence-corrected chi connectivity index (χ4v) is 1.13. The Morgan fingerprint density at radius 1 is 1.55 bits per heavy atom. The Balaban J connectivity index is 2.52. The van der Waals surface area contributed by atoms with Crippen LogP contribution in [0.25, 0.3) is 0 Å². The van der Waals surface area contributed by atoms with E-state index < -0.39 is 0 Å². The smallest absolute Gasteiger partial charge is 0.222 e. The average Bonchev–Trinajstić information content (AvgIpc) is 2.31. The fraction of sp³-hybridized carbons (Fsp3) is 0.222. The fourth-order valence-electron chi connectivity index (χ4n) is 1.13. The van der Waals surface area contributed by atoms with Gasteiger partial charge in [0.2, 0.25) is 5.88 Å². The lowest BCUT2D eigenvalue weighted by atomic mass is 10.2. The van der Waals surface area contributed by atoms with Crippen molar-refractivity contribution in [2.24, 2.45) is 4.99 Å². The summed E-state index contributed by atoms with van der Waals surface area (Å²) in [5.74, 6) is 0.757. The first-order valence-electron chi connectivity index (χ1n) is 3.64. The lowest BCUT2D eigenvalue weighted by Crippen LogP contribution is -1.78. The summed E-state index contributed by atoms with van der Waals surface area (Å²) >= 11 is 0. The number of hydrogen-bond donors (Lipinski definition) is 0. The van der Waals surface area contributed by atoms with Crippen LogP contribution in [0.15, 0.2) is 33.9 Å². The topological polar surface area (TPSA) is 25.5 Å². The van der Waals surface area contributed by atoms with Crippen LogP contribution in [-0.2, 0) is 6.42 Å². The number of aliphatic imine (C=N–C) groups is 1. The van der Waals surface area contributed by atoms with Crippen LogP contribution in [0.5, 0.6) is 0 Å². The molecule has 11 heavy (non-hydrogen) atoms. The second-order valence-electron chi connectivity index (χ2n) is 2.61. The highest BCUT2D eigenvalue weighted by molar-refractivity contribution is 5.94. The van der Waals surface area contributed by atoms with Gasteiger partial charge in [0, 0.05) is 11.3 Å². The van der Waals surface area contributed by atoms with Crippen LogP contribution in [0.3, 0.4) is 0 Å². The second-order valence-corrected chi connectivity index (χ2v) is 2.61. The van der Waals surface area contributed by atoms with Gasteiger partial charge in [0.15, 0.2) is 0 Å². The molecule has 2 rings (SSSR count). The summed E-state index contributed by atoms with van der Waals surface area (Å²) in [5.41, 5.74) is 2.16. The molecule has 56 valence electrons. The Hall–Kier alpha value is -1.31. The van der Waals surface area contributed by atoms with Gasteiger partial charge >= 0.3 is 0 Å². The molecule has 0 aromatic carbocycles. The summed E-state index contributed by atoms with van der Waals surface area (Å²) in [6, 6.07) is 1.96. The van der Waals surface area contributed by atoms with E-state index in [9.17, 15) is 0 Å². The van der Waals surface area contributed by atoms with E-state index in [1.165, 1.54) is 0 Å². The minimum absolute atomic E-state index is 0.757. The largest absolute Gasteiger partial charge is 0.446 e. The predicted molar refractivity (Wildman–Crippen MR) is 44.3 cm³/mol. The van der Waals surface area contributed by atoms with E-state index in [1.807, 2.05) is 19.1 Å². The molecule has 0 spiro atoms. The predicted octanol–water partition coefficient (Wildman–Crippen LogP) is 2.48. The van der Waals surface area contributed by atoms with Gasteiger partial charge in [-0.1, -0.05) is 6.08 Å². The maximum absolute atomic E-state index is 5.18. The maximum Gasteiger partial charge on any atom is 0.222 e. The Labute approximate surface area is 65.3 Å². The summed E-state index contributed by atoms with van der Waals surface area (Å²) in [7, 11) is 0. The molecule has 0 amide bonds. The quantitative estimate of drug-likeness (QED) is 0.553. The molecule has 1 aromatic heterocycles. The Bertz CT molecular complexity index is 320. The van der Waals surface area contributed by atoms with Crippen LogP contribution in [-0.4, -0.2) is 5.71 Å². The van der Waals surface area contributed by atoms with Crippen molar-refractivity contribution >= 4 is 11.6 Å². The van der Waals surface area contributed by atoms with Crippen molar-refractivity contribution in [1.82, 2.24) is 0 Å². The van der Waals surface area contributed by atoms with Gasteiger partial charge in [-0.3, -0.25) is 0 Å². The molecule has 0 unspecified atom stereocenters. The first kappa shape index (κ1) is 6.40. The number of fused-ring (bicyclic) bond motifs is 1. The van der Waals surface area contributed by atoms with Gasteiger partial charge in [-0.25, -0.2) is 4.99 Å². The van der Waals surface area contributed by atoms with Crippen LogP contribution < -0.4 is 0 Å². The van der Waals surface area contributed by atoms with Crippen molar-refractivity contribution in [2.75, 3.05) is 0 Å². The van der Waals surface area contributed by atoms with E-state index >= 15 is 0 Å². The molecule has 0 aliphatic carbocycles. The molecule has 0 fully saturated rings. The van der Waals surface area contributed by atoms with Crippen LogP contribution in [0.4, 0.5) is 5.88 Å². The van der Waals surface area contributed by atoms with Gasteiger partial charge < -0.3 is 4.42 Å². The SMILES string of the molecule is CC1=Nc2occc2CC=C1. The van der Waals surface area contributed by atoms with Crippen LogP contribution in [0, 0.1) is 0 Å². The minimum Gasteiger partial charge on any atom is -0.446 e. The zero-order chi connectivity index (χ0) is 7.68. The van der Waals surface area contributed by atoms with Gasteiger partial charge in [-0.2, -0.15) is 0 Å². The Morgan fingerprint density at radius 3 is 3.36 bits per heavy atom. The van der Waals surface area contributed by atoms with Crippen molar-refractivity contribution in [3.63, 3.8) is 0 Å². The van der Waals surface area contributed by atoms with Crippen LogP contribution in [0.1, 0.15) is 12.5 Å². The third-order valence-corrected chi connectivity index (χ3v) is 1.70. The zero-order valence-electron chi connectivity index (χ0n) is 6.37. The average molecular weight is 147 g/mol. The van der Waals surface area contributed by atoms with Crippen molar-refractivity contribution in [3.05, 3.63) is 30.0 Å². The molecule has 1 aromatic rings. The lowest BCUT2D eigenvalue weighted by Gasteiger charge is -1.88. The first-order chi connectivity index (χ1) is 5.36. The Morgan fingerprint density at radius 2 is 2.45 bits per heavy atom. The summed E-state index contributed by atoms with van der Waals surface area (Å²) in [5, 5.41) is 0. The highest BCUT2D eigenvalue weighted by Gasteiger charge is 2.05. The van der Waals surface area contributed by atoms with E-state index in [4.69, 9.17) is 4.42 Å². The van der Waals surface area contributed by atoms with Gasteiger partial charge in [0.1, 0.15) is 0 Å². The van der Waals surface area contributed by atoms with Crippen molar-refractivity contribution in [3.8, 4) is 0 Å². The number of furan rings is 1. The van der Waals surface area contributed by atoms with Crippen LogP contribution in [0.2, 0.25) is 0 Å². The van der Waals surface area contributed by atoms with E-state index in [-0.39, 0.29) is 0 Å². The number of rotatable bonds is 0. The van der Waals surface area contributed by atoms with E-state index in [1.54, 1.807) is 6.26 Å². The third kappa shape index (κ3) is 1.11. The first-order valence-corrected chi connectivity index (χ1v) is 3.64. The molecule has 1 aliphatic rings. The minimum atomic E-state index is 0.757. The Kier molecular flexibility index (Phi) is 1.39. The summed E-state index contributed by atoms with van der Waals surface area (Å²) in [4.78, 5) is 4.26. The molecule has 0 N–H and O–H groups in total.